The van der Waals surface area contributed by atoms with Gasteiger partial charge in [0.05, 0.1) is 12.8 Å². The SMILES string of the molecule is CC(C)n1cc([C@H]2NC[C@]23CCOC3)cn1. The highest BCUT2D eigenvalue weighted by molar-refractivity contribution is 5.21. The van der Waals surface area contributed by atoms with Crippen LogP contribution >= 0.6 is 0 Å². The lowest BCUT2D eigenvalue weighted by molar-refractivity contribution is 0.0576. The minimum absolute atomic E-state index is 0.352. The van der Waals surface area contributed by atoms with Crippen LogP contribution in [0, 0.1) is 5.41 Å². The Morgan fingerprint density at radius 3 is 3.00 bits per heavy atom. The van der Waals surface area contributed by atoms with Crippen LogP contribution in [0.5, 0.6) is 0 Å². The molecule has 2 atom stereocenters. The Labute approximate surface area is 96.0 Å². The Morgan fingerprint density at radius 2 is 2.50 bits per heavy atom. The lowest BCUT2D eigenvalue weighted by Crippen LogP contribution is -2.56. The minimum Gasteiger partial charge on any atom is -0.381 e. The van der Waals surface area contributed by atoms with E-state index in [2.05, 4.69) is 30.5 Å². The summed E-state index contributed by atoms with van der Waals surface area (Å²) in [4.78, 5) is 0. The molecular weight excluding hydrogens is 202 g/mol. The Balaban J connectivity index is 1.81. The molecule has 3 heterocycles. The summed E-state index contributed by atoms with van der Waals surface area (Å²) in [6, 6.07) is 0.882. The van der Waals surface area contributed by atoms with Crippen molar-refractivity contribution in [2.24, 2.45) is 5.41 Å². The summed E-state index contributed by atoms with van der Waals surface area (Å²) in [5.74, 6) is 0. The maximum absolute atomic E-state index is 5.54. The van der Waals surface area contributed by atoms with Crippen LogP contribution in [-0.2, 0) is 4.74 Å². The standard InChI is InChI=1S/C12H19N3O/c1-9(2)15-6-10(5-14-15)11-12(7-13-11)3-4-16-8-12/h5-6,9,11,13H,3-4,7-8H2,1-2H3/t11-,12+/m1/s1. The predicted molar refractivity (Wildman–Crippen MR) is 61.2 cm³/mol. The summed E-state index contributed by atoms with van der Waals surface area (Å²) in [7, 11) is 0. The minimum atomic E-state index is 0.352. The molecule has 3 rings (SSSR count). The fourth-order valence-corrected chi connectivity index (χ4v) is 2.74. The van der Waals surface area contributed by atoms with Gasteiger partial charge in [-0.15, -0.1) is 0 Å². The summed E-state index contributed by atoms with van der Waals surface area (Å²) >= 11 is 0. The first kappa shape index (κ1) is 10.3. The number of hydrogen-bond acceptors (Lipinski definition) is 3. The Kier molecular flexibility index (Phi) is 2.30. The molecule has 0 unspecified atom stereocenters. The molecule has 2 aliphatic heterocycles. The fraction of sp³-hybridized carbons (Fsp3) is 0.750. The lowest BCUT2D eigenvalue weighted by Gasteiger charge is -2.46. The highest BCUT2D eigenvalue weighted by atomic mass is 16.5. The van der Waals surface area contributed by atoms with Gasteiger partial charge < -0.3 is 10.1 Å². The molecule has 1 spiro atoms. The summed E-state index contributed by atoms with van der Waals surface area (Å²) in [5, 5.41) is 7.92. The van der Waals surface area contributed by atoms with Gasteiger partial charge in [-0.05, 0) is 20.3 Å². The van der Waals surface area contributed by atoms with Crippen molar-refractivity contribution < 1.29 is 4.74 Å². The average molecular weight is 221 g/mol. The number of aromatic nitrogens is 2. The third-order valence-corrected chi connectivity index (χ3v) is 3.89. The van der Waals surface area contributed by atoms with E-state index >= 15 is 0 Å². The van der Waals surface area contributed by atoms with Gasteiger partial charge in [-0.2, -0.15) is 5.10 Å². The highest BCUT2D eigenvalue weighted by Gasteiger charge is 2.50. The summed E-state index contributed by atoms with van der Waals surface area (Å²) < 4.78 is 7.57. The molecule has 88 valence electrons. The number of rotatable bonds is 2. The van der Waals surface area contributed by atoms with Gasteiger partial charge in [0, 0.05) is 42.4 Å². The second-order valence-corrected chi connectivity index (χ2v) is 5.33. The van der Waals surface area contributed by atoms with E-state index in [1.807, 2.05) is 10.9 Å². The number of hydrogen-bond donors (Lipinski definition) is 1. The van der Waals surface area contributed by atoms with Crippen LogP contribution in [-0.4, -0.2) is 29.5 Å². The Hall–Kier alpha value is -0.870. The van der Waals surface area contributed by atoms with E-state index in [1.165, 1.54) is 12.0 Å². The zero-order valence-electron chi connectivity index (χ0n) is 9.94. The first-order valence-electron chi connectivity index (χ1n) is 6.06. The molecule has 2 aliphatic rings. The van der Waals surface area contributed by atoms with Crippen LogP contribution in [0.3, 0.4) is 0 Å². The normalized spacial score (nSPS) is 33.6. The van der Waals surface area contributed by atoms with Crippen molar-refractivity contribution in [3.63, 3.8) is 0 Å². The van der Waals surface area contributed by atoms with Gasteiger partial charge in [-0.25, -0.2) is 0 Å². The summed E-state index contributed by atoms with van der Waals surface area (Å²) in [6.07, 6.45) is 5.34. The smallest absolute Gasteiger partial charge is 0.0553 e. The topological polar surface area (TPSA) is 39.1 Å². The van der Waals surface area contributed by atoms with Gasteiger partial charge in [-0.1, -0.05) is 0 Å². The zero-order chi connectivity index (χ0) is 11.2. The highest BCUT2D eigenvalue weighted by Crippen LogP contribution is 2.46. The molecule has 0 radical (unpaired) electrons. The second kappa shape index (κ2) is 3.57. The second-order valence-electron chi connectivity index (χ2n) is 5.33. The molecule has 0 aromatic carbocycles. The quantitative estimate of drug-likeness (QED) is 0.823. The van der Waals surface area contributed by atoms with E-state index in [9.17, 15) is 0 Å². The average Bonchev–Trinajstić information content (AvgIpc) is 2.85. The van der Waals surface area contributed by atoms with E-state index < -0.39 is 0 Å². The maximum Gasteiger partial charge on any atom is 0.0553 e. The van der Waals surface area contributed by atoms with Gasteiger partial charge in [0.1, 0.15) is 0 Å². The van der Waals surface area contributed by atoms with Gasteiger partial charge in [0.25, 0.3) is 0 Å². The summed E-state index contributed by atoms with van der Waals surface area (Å²) in [6.45, 7) is 7.21. The summed E-state index contributed by atoms with van der Waals surface area (Å²) in [5.41, 5.74) is 1.66. The largest absolute Gasteiger partial charge is 0.381 e. The van der Waals surface area contributed by atoms with E-state index in [4.69, 9.17) is 4.74 Å². The van der Waals surface area contributed by atoms with Crippen molar-refractivity contribution in [2.75, 3.05) is 19.8 Å². The van der Waals surface area contributed by atoms with E-state index in [-0.39, 0.29) is 0 Å². The van der Waals surface area contributed by atoms with Crippen LogP contribution in [0.25, 0.3) is 0 Å². The fourth-order valence-electron chi connectivity index (χ4n) is 2.74. The van der Waals surface area contributed by atoms with Crippen molar-refractivity contribution in [1.82, 2.24) is 15.1 Å². The Morgan fingerprint density at radius 1 is 1.62 bits per heavy atom. The molecule has 0 amide bonds. The Bertz CT molecular complexity index is 379. The van der Waals surface area contributed by atoms with Gasteiger partial charge in [0.2, 0.25) is 0 Å². The van der Waals surface area contributed by atoms with Crippen molar-refractivity contribution in [3.8, 4) is 0 Å². The van der Waals surface area contributed by atoms with Crippen LogP contribution < -0.4 is 5.32 Å². The third-order valence-electron chi connectivity index (χ3n) is 3.89. The lowest BCUT2D eigenvalue weighted by atomic mass is 9.71. The number of nitrogens with one attached hydrogen (secondary N) is 1. The monoisotopic (exact) mass is 221 g/mol. The zero-order valence-corrected chi connectivity index (χ0v) is 9.94. The molecule has 1 aromatic rings. The predicted octanol–water partition coefficient (Wildman–Crippen LogP) is 1.51. The van der Waals surface area contributed by atoms with E-state index in [1.54, 1.807) is 0 Å². The molecular formula is C12H19N3O. The van der Waals surface area contributed by atoms with Gasteiger partial charge >= 0.3 is 0 Å². The van der Waals surface area contributed by atoms with E-state index in [0.717, 1.165) is 19.8 Å². The van der Waals surface area contributed by atoms with Crippen LogP contribution in [0.1, 0.15) is 37.9 Å². The molecule has 0 saturated carbocycles. The molecule has 1 N–H and O–H groups in total. The van der Waals surface area contributed by atoms with Crippen LogP contribution in [0.4, 0.5) is 0 Å². The molecule has 16 heavy (non-hydrogen) atoms. The third kappa shape index (κ3) is 1.40. The van der Waals surface area contributed by atoms with Gasteiger partial charge in [-0.3, -0.25) is 4.68 Å². The van der Waals surface area contributed by atoms with Crippen molar-refractivity contribution in [1.29, 1.82) is 0 Å². The van der Waals surface area contributed by atoms with Gasteiger partial charge in [0.15, 0.2) is 0 Å². The molecule has 1 aromatic heterocycles. The van der Waals surface area contributed by atoms with Crippen molar-refractivity contribution in [3.05, 3.63) is 18.0 Å². The van der Waals surface area contributed by atoms with Crippen molar-refractivity contribution >= 4 is 0 Å². The van der Waals surface area contributed by atoms with Crippen molar-refractivity contribution in [2.45, 2.75) is 32.4 Å². The van der Waals surface area contributed by atoms with Crippen LogP contribution in [0.2, 0.25) is 0 Å². The molecule has 4 heteroatoms. The molecule has 4 nitrogen and oxygen atoms in total. The molecule has 0 aliphatic carbocycles. The first-order chi connectivity index (χ1) is 7.71. The first-order valence-corrected chi connectivity index (χ1v) is 6.06. The molecule has 2 saturated heterocycles. The molecule has 2 fully saturated rings. The van der Waals surface area contributed by atoms with E-state index in [0.29, 0.717) is 17.5 Å². The maximum atomic E-state index is 5.54. The number of ether oxygens (including phenoxy) is 1. The number of nitrogens with zero attached hydrogens (tertiary/aromatic N) is 2. The molecule has 0 bridgehead atoms. The van der Waals surface area contributed by atoms with Crippen LogP contribution in [0.15, 0.2) is 12.4 Å².